The van der Waals surface area contributed by atoms with E-state index in [0.717, 1.165) is 31.5 Å². The van der Waals surface area contributed by atoms with Gasteiger partial charge < -0.3 is 15.0 Å². The van der Waals surface area contributed by atoms with E-state index < -0.39 is 5.60 Å². The second kappa shape index (κ2) is 7.77. The molecule has 1 aliphatic heterocycles. The molecule has 1 amide bonds. The molecule has 2 rings (SSSR count). The van der Waals surface area contributed by atoms with Gasteiger partial charge in [0.05, 0.1) is 0 Å². The number of hydrogen-bond donors (Lipinski definition) is 1. The first-order valence-electron chi connectivity index (χ1n) is 8.26. The van der Waals surface area contributed by atoms with Crippen LogP contribution in [0.15, 0.2) is 24.3 Å². The highest BCUT2D eigenvalue weighted by Crippen LogP contribution is 2.19. The number of carbonyl (C=O) groups excluding carboxylic acids is 1. The fourth-order valence-corrected chi connectivity index (χ4v) is 2.79. The van der Waals surface area contributed by atoms with Crippen LogP contribution in [0.2, 0.25) is 0 Å². The molecular formula is C18H27FN2O2. The van der Waals surface area contributed by atoms with E-state index in [0.29, 0.717) is 19.0 Å². The maximum Gasteiger partial charge on any atom is 0.410 e. The Hall–Kier alpha value is -1.62. The summed E-state index contributed by atoms with van der Waals surface area (Å²) in [6, 6.07) is 6.62. The standard InChI is InChI=1S/C18H27FN2O2/c1-18(2,3)23-17(22)21-9-5-7-15(13-21)12-20-11-14-6-4-8-16(19)10-14/h4,6,8,10,15,20H,5,7,9,11-13H2,1-3H3/t15-/m0/s1. The van der Waals surface area contributed by atoms with Crippen LogP contribution in [-0.4, -0.2) is 36.2 Å². The summed E-state index contributed by atoms with van der Waals surface area (Å²) in [5.41, 5.74) is 0.476. The Bertz CT molecular complexity index is 528. The normalized spacial score (nSPS) is 18.8. The van der Waals surface area contributed by atoms with Crippen LogP contribution in [0.25, 0.3) is 0 Å². The van der Waals surface area contributed by atoms with E-state index in [1.807, 2.05) is 26.8 Å². The minimum absolute atomic E-state index is 0.210. The molecule has 1 heterocycles. The number of piperidine rings is 1. The molecule has 1 aliphatic rings. The molecule has 4 nitrogen and oxygen atoms in total. The van der Waals surface area contributed by atoms with E-state index in [9.17, 15) is 9.18 Å². The summed E-state index contributed by atoms with van der Waals surface area (Å²) in [6.07, 6.45) is 1.86. The monoisotopic (exact) mass is 322 g/mol. The summed E-state index contributed by atoms with van der Waals surface area (Å²) in [6.45, 7) is 8.57. The van der Waals surface area contributed by atoms with Gasteiger partial charge in [0, 0.05) is 19.6 Å². The maximum atomic E-state index is 13.1. The van der Waals surface area contributed by atoms with Gasteiger partial charge in [0.1, 0.15) is 11.4 Å². The zero-order chi connectivity index (χ0) is 16.9. The van der Waals surface area contributed by atoms with Gasteiger partial charge >= 0.3 is 6.09 Å². The van der Waals surface area contributed by atoms with Crippen molar-refractivity contribution in [1.82, 2.24) is 10.2 Å². The van der Waals surface area contributed by atoms with E-state index in [4.69, 9.17) is 4.74 Å². The van der Waals surface area contributed by atoms with Crippen LogP contribution in [0.4, 0.5) is 9.18 Å². The number of amides is 1. The molecule has 0 aromatic heterocycles. The molecule has 0 aliphatic carbocycles. The van der Waals surface area contributed by atoms with E-state index in [2.05, 4.69) is 5.32 Å². The number of ether oxygens (including phenoxy) is 1. The van der Waals surface area contributed by atoms with Gasteiger partial charge in [-0.1, -0.05) is 12.1 Å². The Morgan fingerprint density at radius 1 is 1.43 bits per heavy atom. The lowest BCUT2D eigenvalue weighted by molar-refractivity contribution is 0.0166. The molecule has 1 aromatic carbocycles. The topological polar surface area (TPSA) is 41.6 Å². The van der Waals surface area contributed by atoms with Crippen molar-refractivity contribution in [2.24, 2.45) is 5.92 Å². The minimum Gasteiger partial charge on any atom is -0.444 e. The van der Waals surface area contributed by atoms with Crippen LogP contribution < -0.4 is 5.32 Å². The number of likely N-dealkylation sites (tertiary alicyclic amines) is 1. The largest absolute Gasteiger partial charge is 0.444 e. The number of nitrogens with one attached hydrogen (secondary N) is 1. The predicted octanol–water partition coefficient (Wildman–Crippen LogP) is 3.56. The van der Waals surface area contributed by atoms with Gasteiger partial charge in [0.2, 0.25) is 0 Å². The molecule has 0 saturated carbocycles. The number of benzene rings is 1. The second-order valence-electron chi connectivity index (χ2n) is 7.20. The van der Waals surface area contributed by atoms with Crippen LogP contribution in [0, 0.1) is 11.7 Å². The van der Waals surface area contributed by atoms with Crippen molar-refractivity contribution in [2.75, 3.05) is 19.6 Å². The lowest BCUT2D eigenvalue weighted by Crippen LogP contribution is -2.45. The molecule has 128 valence electrons. The van der Waals surface area contributed by atoms with Crippen molar-refractivity contribution in [1.29, 1.82) is 0 Å². The zero-order valence-electron chi connectivity index (χ0n) is 14.3. The third-order valence-corrected chi connectivity index (χ3v) is 3.82. The summed E-state index contributed by atoms with van der Waals surface area (Å²) in [5.74, 6) is 0.197. The number of carbonyl (C=O) groups is 1. The SMILES string of the molecule is CC(C)(C)OC(=O)N1CCC[C@@H](CNCc2cccc(F)c2)C1. The quantitative estimate of drug-likeness (QED) is 0.921. The molecule has 1 fully saturated rings. The molecule has 1 N–H and O–H groups in total. The smallest absolute Gasteiger partial charge is 0.410 e. The molecule has 23 heavy (non-hydrogen) atoms. The zero-order valence-corrected chi connectivity index (χ0v) is 14.3. The van der Waals surface area contributed by atoms with E-state index in [-0.39, 0.29) is 11.9 Å². The van der Waals surface area contributed by atoms with Gasteiger partial charge in [0.25, 0.3) is 0 Å². The van der Waals surface area contributed by atoms with Crippen molar-refractivity contribution in [3.8, 4) is 0 Å². The average Bonchev–Trinajstić information content (AvgIpc) is 2.46. The first-order chi connectivity index (χ1) is 10.8. The highest BCUT2D eigenvalue weighted by atomic mass is 19.1. The van der Waals surface area contributed by atoms with Gasteiger partial charge in [-0.15, -0.1) is 0 Å². The summed E-state index contributed by atoms with van der Waals surface area (Å²) < 4.78 is 18.6. The summed E-state index contributed by atoms with van der Waals surface area (Å²) >= 11 is 0. The minimum atomic E-state index is -0.459. The Kier molecular flexibility index (Phi) is 5.99. The molecular weight excluding hydrogens is 295 g/mol. The fourth-order valence-electron chi connectivity index (χ4n) is 2.79. The van der Waals surface area contributed by atoms with Gasteiger partial charge in [0.15, 0.2) is 0 Å². The van der Waals surface area contributed by atoms with Crippen LogP contribution in [0.3, 0.4) is 0 Å². The van der Waals surface area contributed by atoms with E-state index in [1.54, 1.807) is 17.0 Å². The number of halogens is 1. The number of rotatable bonds is 4. The van der Waals surface area contributed by atoms with Crippen LogP contribution in [0.5, 0.6) is 0 Å². The molecule has 0 unspecified atom stereocenters. The molecule has 1 atom stereocenters. The van der Waals surface area contributed by atoms with Gasteiger partial charge in [-0.2, -0.15) is 0 Å². The molecule has 1 aromatic rings. The number of nitrogens with zero attached hydrogens (tertiary/aromatic N) is 1. The van der Waals surface area contributed by atoms with Gasteiger partial charge in [-0.05, 0) is 63.8 Å². The third-order valence-electron chi connectivity index (χ3n) is 3.82. The molecule has 0 radical (unpaired) electrons. The van der Waals surface area contributed by atoms with Crippen molar-refractivity contribution in [3.63, 3.8) is 0 Å². The van der Waals surface area contributed by atoms with Crippen LogP contribution >= 0.6 is 0 Å². The van der Waals surface area contributed by atoms with E-state index in [1.165, 1.54) is 6.07 Å². The molecule has 1 saturated heterocycles. The summed E-state index contributed by atoms with van der Waals surface area (Å²) in [7, 11) is 0. The van der Waals surface area contributed by atoms with Gasteiger partial charge in [-0.3, -0.25) is 0 Å². The Labute approximate surface area is 138 Å². The van der Waals surface area contributed by atoms with Gasteiger partial charge in [-0.25, -0.2) is 9.18 Å². The highest BCUT2D eigenvalue weighted by molar-refractivity contribution is 5.68. The van der Waals surface area contributed by atoms with E-state index >= 15 is 0 Å². The fraction of sp³-hybridized carbons (Fsp3) is 0.611. The first kappa shape index (κ1) is 17.7. The summed E-state index contributed by atoms with van der Waals surface area (Å²) in [4.78, 5) is 13.9. The maximum absolute atomic E-state index is 13.1. The molecule has 0 bridgehead atoms. The Morgan fingerprint density at radius 3 is 2.91 bits per heavy atom. The lowest BCUT2D eigenvalue weighted by Gasteiger charge is -2.34. The van der Waals surface area contributed by atoms with Crippen LogP contribution in [0.1, 0.15) is 39.2 Å². The first-order valence-corrected chi connectivity index (χ1v) is 8.26. The van der Waals surface area contributed by atoms with Crippen molar-refractivity contribution in [2.45, 2.75) is 45.8 Å². The van der Waals surface area contributed by atoms with Crippen molar-refractivity contribution >= 4 is 6.09 Å². The van der Waals surface area contributed by atoms with Crippen molar-refractivity contribution in [3.05, 3.63) is 35.6 Å². The Morgan fingerprint density at radius 2 is 2.22 bits per heavy atom. The second-order valence-corrected chi connectivity index (χ2v) is 7.20. The third kappa shape index (κ3) is 6.18. The average molecular weight is 322 g/mol. The Balaban J connectivity index is 1.76. The predicted molar refractivity (Wildman–Crippen MR) is 88.6 cm³/mol. The molecule has 5 heteroatoms. The van der Waals surface area contributed by atoms with Crippen molar-refractivity contribution < 1.29 is 13.9 Å². The van der Waals surface area contributed by atoms with Crippen LogP contribution in [-0.2, 0) is 11.3 Å². The molecule has 0 spiro atoms. The number of hydrogen-bond acceptors (Lipinski definition) is 3. The highest BCUT2D eigenvalue weighted by Gasteiger charge is 2.27. The lowest BCUT2D eigenvalue weighted by atomic mass is 9.98. The summed E-state index contributed by atoms with van der Waals surface area (Å²) in [5, 5.41) is 3.36.